The van der Waals surface area contributed by atoms with Crippen LogP contribution in [0.5, 0.6) is 0 Å². The van der Waals surface area contributed by atoms with Crippen molar-refractivity contribution in [1.29, 1.82) is 0 Å². The van der Waals surface area contributed by atoms with Gasteiger partial charge in [-0.15, -0.1) is 23.2 Å². The predicted molar refractivity (Wildman–Crippen MR) is 78.1 cm³/mol. The van der Waals surface area contributed by atoms with Crippen LogP contribution in [0.3, 0.4) is 0 Å². The third-order valence-corrected chi connectivity index (χ3v) is 4.14. The quantitative estimate of drug-likeness (QED) is 0.239. The first-order chi connectivity index (χ1) is 7.77. The van der Waals surface area contributed by atoms with E-state index in [-0.39, 0.29) is 4.84 Å². The van der Waals surface area contributed by atoms with Crippen molar-refractivity contribution in [3.05, 3.63) is 0 Å². The van der Waals surface area contributed by atoms with Gasteiger partial charge in [-0.3, -0.25) is 0 Å². The van der Waals surface area contributed by atoms with Gasteiger partial charge in [0.2, 0.25) is 0 Å². The lowest BCUT2D eigenvalue weighted by molar-refractivity contribution is 0.560. The molecule has 0 aromatic carbocycles. The highest BCUT2D eigenvalue weighted by atomic mass is 35.5. The monoisotopic (exact) mass is 280 g/mol. The normalized spacial score (nSPS) is 11.2. The van der Waals surface area contributed by atoms with E-state index in [2.05, 4.69) is 6.55 Å². The fourth-order valence-corrected chi connectivity index (χ4v) is 2.75. The van der Waals surface area contributed by atoms with Crippen molar-refractivity contribution in [3.63, 3.8) is 0 Å². The number of hydrogen-bond acceptors (Lipinski definition) is 0. The molecule has 0 aliphatic rings. The highest BCUT2D eigenvalue weighted by molar-refractivity contribution is 6.44. The molecule has 0 aliphatic carbocycles. The van der Waals surface area contributed by atoms with Crippen LogP contribution in [-0.4, -0.2) is 14.4 Å². The Morgan fingerprint density at radius 1 is 0.750 bits per heavy atom. The summed E-state index contributed by atoms with van der Waals surface area (Å²) in [5.74, 6) is 0. The van der Waals surface area contributed by atoms with E-state index in [1.54, 1.807) is 0 Å². The highest BCUT2D eigenvalue weighted by Crippen LogP contribution is 2.15. The van der Waals surface area contributed by atoms with Gasteiger partial charge in [0.25, 0.3) is 0 Å². The van der Waals surface area contributed by atoms with Gasteiger partial charge in [-0.1, -0.05) is 70.4 Å². The third-order valence-electron chi connectivity index (χ3n) is 2.85. The van der Waals surface area contributed by atoms with Gasteiger partial charge in [0.05, 0.1) is 0 Å². The number of rotatable bonds is 12. The molecule has 0 saturated carbocycles. The van der Waals surface area contributed by atoms with E-state index in [0.717, 1.165) is 15.9 Å². The molecule has 0 rings (SSSR count). The van der Waals surface area contributed by atoms with E-state index in [4.69, 9.17) is 23.2 Å². The number of alkyl halides is 2. The first-order valence-corrected chi connectivity index (χ1v) is 9.28. The Balaban J connectivity index is 2.88. The first-order valence-electron chi connectivity index (χ1n) is 6.70. The lowest BCUT2D eigenvalue weighted by atomic mass is 10.1. The summed E-state index contributed by atoms with van der Waals surface area (Å²) in [4.78, 5) is -0.153. The van der Waals surface area contributed by atoms with Crippen LogP contribution in [0.25, 0.3) is 0 Å². The molecule has 0 N–H and O–H groups in total. The topological polar surface area (TPSA) is 0 Å². The van der Waals surface area contributed by atoms with Crippen molar-refractivity contribution in [1.82, 2.24) is 0 Å². The third kappa shape index (κ3) is 14.8. The summed E-state index contributed by atoms with van der Waals surface area (Å²) in [7, 11) is 1.15. The summed E-state index contributed by atoms with van der Waals surface area (Å²) >= 11 is 11.3. The van der Waals surface area contributed by atoms with Gasteiger partial charge in [-0.2, -0.15) is 0 Å². The van der Waals surface area contributed by atoms with Crippen molar-refractivity contribution in [2.24, 2.45) is 0 Å². The minimum atomic E-state index is -0.153. The van der Waals surface area contributed by atoms with E-state index in [1.807, 2.05) is 0 Å². The fraction of sp³-hybridized carbons (Fsp3) is 1.00. The summed E-state index contributed by atoms with van der Waals surface area (Å²) in [6.45, 7) is 2.30. The Morgan fingerprint density at radius 3 is 1.62 bits per heavy atom. The second-order valence-corrected chi connectivity index (χ2v) is 6.95. The van der Waals surface area contributed by atoms with Gasteiger partial charge < -0.3 is 0 Å². The van der Waals surface area contributed by atoms with Gasteiger partial charge in [0.1, 0.15) is 4.84 Å². The molecule has 0 aliphatic heterocycles. The maximum Gasteiger partial charge on any atom is 0.107 e. The molecule has 0 amide bonds. The minimum Gasteiger partial charge on any atom is -0.105 e. The molecular weight excluding hydrogens is 255 g/mol. The second kappa shape index (κ2) is 13.9. The summed E-state index contributed by atoms with van der Waals surface area (Å²) in [5, 5.41) is 0. The van der Waals surface area contributed by atoms with Crippen molar-refractivity contribution < 1.29 is 0 Å². The molecular formula is C13H26Cl2Si. The van der Waals surface area contributed by atoms with Crippen molar-refractivity contribution in [2.75, 3.05) is 0 Å². The molecule has 3 heteroatoms. The zero-order valence-corrected chi connectivity index (χ0v) is 13.1. The van der Waals surface area contributed by atoms with Crippen LogP contribution in [0.2, 0.25) is 12.6 Å². The molecule has 0 aromatic rings. The Labute approximate surface area is 114 Å². The average molecular weight is 281 g/mol. The van der Waals surface area contributed by atoms with E-state index >= 15 is 0 Å². The van der Waals surface area contributed by atoms with Gasteiger partial charge in [-0.05, 0) is 6.42 Å². The van der Waals surface area contributed by atoms with Crippen LogP contribution >= 0.6 is 23.2 Å². The molecule has 0 spiro atoms. The molecule has 0 saturated heterocycles. The summed E-state index contributed by atoms with van der Waals surface area (Å²) in [5.41, 5.74) is 0. The molecule has 0 bridgehead atoms. The summed E-state index contributed by atoms with van der Waals surface area (Å²) < 4.78 is 0. The smallest absolute Gasteiger partial charge is 0.105 e. The molecule has 0 nitrogen and oxygen atoms in total. The Kier molecular flexibility index (Phi) is 14.6. The summed E-state index contributed by atoms with van der Waals surface area (Å²) in [6.07, 6.45) is 13.4. The summed E-state index contributed by atoms with van der Waals surface area (Å²) in [6, 6.07) is 1.44. The Morgan fingerprint density at radius 2 is 1.19 bits per heavy atom. The van der Waals surface area contributed by atoms with Gasteiger partial charge in [0, 0.05) is 9.52 Å². The van der Waals surface area contributed by atoms with E-state index in [1.165, 1.54) is 63.8 Å². The van der Waals surface area contributed by atoms with Crippen LogP contribution < -0.4 is 0 Å². The Hall–Kier alpha value is 0.797. The zero-order valence-electron chi connectivity index (χ0n) is 10.6. The van der Waals surface area contributed by atoms with Crippen molar-refractivity contribution in [2.45, 2.75) is 81.6 Å². The maximum absolute atomic E-state index is 5.67. The van der Waals surface area contributed by atoms with Crippen LogP contribution in [0.15, 0.2) is 0 Å². The zero-order chi connectivity index (χ0) is 12.1. The van der Waals surface area contributed by atoms with Crippen molar-refractivity contribution >= 4 is 32.7 Å². The van der Waals surface area contributed by atoms with Gasteiger partial charge in [-0.25, -0.2) is 0 Å². The maximum atomic E-state index is 5.67. The largest absolute Gasteiger partial charge is 0.107 e. The van der Waals surface area contributed by atoms with Crippen molar-refractivity contribution in [3.8, 4) is 0 Å². The molecule has 96 valence electrons. The van der Waals surface area contributed by atoms with Crippen LogP contribution in [0, 0.1) is 0 Å². The standard InChI is InChI=1S/C13H26Cl2Si/c1-16-12-10-8-6-4-2-3-5-7-9-11-13(14)15/h13H,2-12H2,1H3. The van der Waals surface area contributed by atoms with Crippen LogP contribution in [0.1, 0.15) is 64.2 Å². The molecule has 0 unspecified atom stereocenters. The molecule has 16 heavy (non-hydrogen) atoms. The SMILES string of the molecule is C[Si]CCCCCCCCCCCC(Cl)Cl. The minimum absolute atomic E-state index is 0.153. The van der Waals surface area contributed by atoms with Gasteiger partial charge >= 0.3 is 0 Å². The predicted octanol–water partition coefficient (Wildman–Crippen LogP) is 5.86. The van der Waals surface area contributed by atoms with E-state index in [9.17, 15) is 0 Å². The number of hydrogen-bond donors (Lipinski definition) is 0. The lowest BCUT2D eigenvalue weighted by Gasteiger charge is -2.02. The van der Waals surface area contributed by atoms with Crippen LogP contribution in [-0.2, 0) is 0 Å². The fourth-order valence-electron chi connectivity index (χ4n) is 1.84. The first kappa shape index (κ1) is 16.8. The molecule has 0 aromatic heterocycles. The number of halogens is 2. The molecule has 0 heterocycles. The van der Waals surface area contributed by atoms with E-state index < -0.39 is 0 Å². The van der Waals surface area contributed by atoms with E-state index in [0.29, 0.717) is 0 Å². The second-order valence-electron chi connectivity index (χ2n) is 4.47. The molecule has 0 fully saturated rings. The van der Waals surface area contributed by atoms with Crippen LogP contribution in [0.4, 0.5) is 0 Å². The number of unbranched alkanes of at least 4 members (excludes halogenated alkanes) is 8. The molecule has 0 atom stereocenters. The Bertz CT molecular complexity index is 129. The van der Waals surface area contributed by atoms with Gasteiger partial charge in [0.15, 0.2) is 0 Å². The lowest BCUT2D eigenvalue weighted by Crippen LogP contribution is -1.87. The highest BCUT2D eigenvalue weighted by Gasteiger charge is 1.97. The average Bonchev–Trinajstić information content (AvgIpc) is 2.25. The molecule has 2 radical (unpaired) electrons.